The summed E-state index contributed by atoms with van der Waals surface area (Å²) in [6.07, 6.45) is 3.42. The maximum Gasteiger partial charge on any atom is 0.407 e. The molecule has 11 heteroatoms. The first-order chi connectivity index (χ1) is 15.9. The van der Waals surface area contributed by atoms with Crippen LogP contribution in [0.2, 0.25) is 5.02 Å². The van der Waals surface area contributed by atoms with Crippen molar-refractivity contribution < 1.29 is 23.9 Å². The number of aldehydes is 1. The second-order valence-corrected chi connectivity index (χ2v) is 8.32. The van der Waals surface area contributed by atoms with E-state index in [1.54, 1.807) is 25.2 Å². The van der Waals surface area contributed by atoms with Crippen molar-refractivity contribution in [3.05, 3.63) is 41.2 Å². The van der Waals surface area contributed by atoms with E-state index < -0.39 is 6.09 Å². The second kappa shape index (κ2) is 9.45. The van der Waals surface area contributed by atoms with Gasteiger partial charge in [0.15, 0.2) is 11.9 Å². The molecule has 0 saturated heterocycles. The number of nitrogens with one attached hydrogen (secondary N) is 2. The Hall–Kier alpha value is -3.66. The number of furan rings is 1. The van der Waals surface area contributed by atoms with Gasteiger partial charge in [0.1, 0.15) is 22.7 Å². The Morgan fingerprint density at radius 1 is 1.21 bits per heavy atom. The number of carboxylic acid groups (broad SMARTS) is 1. The number of hydrogen-bond donors (Lipinski definition) is 3. The van der Waals surface area contributed by atoms with Crippen LogP contribution in [0.25, 0.3) is 11.1 Å². The third-order valence-electron chi connectivity index (χ3n) is 5.81. The van der Waals surface area contributed by atoms with Gasteiger partial charge in [0.2, 0.25) is 11.8 Å². The summed E-state index contributed by atoms with van der Waals surface area (Å²) in [4.78, 5) is 45.3. The Labute approximate surface area is 193 Å². The molecule has 1 aliphatic rings. The number of fused-ring (bicyclic) bond motifs is 1. The predicted molar refractivity (Wildman–Crippen MR) is 122 cm³/mol. The molecule has 3 aromatic rings. The molecule has 4 rings (SSSR count). The SMILES string of the molecule is CN(C(=O)O)C1CCC(C(=O)Nc2c(Nc3ccc(Cl)cn3)oc3ccc(C=O)nc23)CC1. The quantitative estimate of drug-likeness (QED) is 0.445. The van der Waals surface area contributed by atoms with Gasteiger partial charge in [-0.2, -0.15) is 0 Å². The Kier molecular flexibility index (Phi) is 6.45. The molecule has 3 N–H and O–H groups in total. The lowest BCUT2D eigenvalue weighted by molar-refractivity contribution is -0.121. The van der Waals surface area contributed by atoms with Crippen molar-refractivity contribution in [2.24, 2.45) is 5.92 Å². The minimum absolute atomic E-state index is 0.105. The molecule has 10 nitrogen and oxygen atoms in total. The highest BCUT2D eigenvalue weighted by Gasteiger charge is 2.31. The number of nitrogens with zero attached hydrogens (tertiary/aromatic N) is 3. The van der Waals surface area contributed by atoms with Gasteiger partial charge in [0, 0.05) is 25.2 Å². The average Bonchev–Trinajstić information content (AvgIpc) is 3.15. The molecule has 1 aliphatic carbocycles. The fourth-order valence-electron chi connectivity index (χ4n) is 3.93. The molecule has 1 fully saturated rings. The van der Waals surface area contributed by atoms with Crippen LogP contribution in [0.15, 0.2) is 34.9 Å². The highest BCUT2D eigenvalue weighted by Crippen LogP contribution is 2.37. The molecular weight excluding hydrogens is 450 g/mol. The Morgan fingerprint density at radius 2 is 1.97 bits per heavy atom. The molecule has 0 spiro atoms. The third kappa shape index (κ3) is 4.90. The average molecular weight is 472 g/mol. The number of pyridine rings is 2. The summed E-state index contributed by atoms with van der Waals surface area (Å²) >= 11 is 5.90. The van der Waals surface area contributed by atoms with Gasteiger partial charge in [-0.05, 0) is 49.9 Å². The van der Waals surface area contributed by atoms with Crippen LogP contribution in [0.5, 0.6) is 0 Å². The molecule has 3 heterocycles. The Balaban J connectivity index is 1.57. The molecule has 3 aromatic heterocycles. The molecule has 0 atom stereocenters. The zero-order chi connectivity index (χ0) is 23.5. The third-order valence-corrected chi connectivity index (χ3v) is 6.03. The lowest BCUT2D eigenvalue weighted by Crippen LogP contribution is -2.40. The van der Waals surface area contributed by atoms with E-state index in [4.69, 9.17) is 16.0 Å². The monoisotopic (exact) mass is 471 g/mol. The van der Waals surface area contributed by atoms with E-state index in [1.807, 2.05) is 0 Å². The summed E-state index contributed by atoms with van der Waals surface area (Å²) in [5.74, 6) is 0.161. The summed E-state index contributed by atoms with van der Waals surface area (Å²) in [6, 6.07) is 6.34. The second-order valence-electron chi connectivity index (χ2n) is 7.88. The van der Waals surface area contributed by atoms with Crippen LogP contribution < -0.4 is 10.6 Å². The van der Waals surface area contributed by atoms with Gasteiger partial charge in [0.05, 0.1) is 5.02 Å². The topological polar surface area (TPSA) is 138 Å². The highest BCUT2D eigenvalue weighted by molar-refractivity contribution is 6.30. The van der Waals surface area contributed by atoms with E-state index in [1.165, 1.54) is 17.2 Å². The molecule has 1 saturated carbocycles. The van der Waals surface area contributed by atoms with Crippen molar-refractivity contribution in [1.29, 1.82) is 0 Å². The molecule has 0 unspecified atom stereocenters. The van der Waals surface area contributed by atoms with Crippen molar-refractivity contribution >= 4 is 58.4 Å². The van der Waals surface area contributed by atoms with E-state index >= 15 is 0 Å². The first-order valence-corrected chi connectivity index (χ1v) is 10.8. The van der Waals surface area contributed by atoms with Crippen molar-refractivity contribution in [3.8, 4) is 0 Å². The van der Waals surface area contributed by atoms with Gasteiger partial charge in [-0.25, -0.2) is 14.8 Å². The van der Waals surface area contributed by atoms with Crippen LogP contribution in [0.4, 0.5) is 22.2 Å². The van der Waals surface area contributed by atoms with Crippen molar-refractivity contribution in [1.82, 2.24) is 14.9 Å². The van der Waals surface area contributed by atoms with Gasteiger partial charge in [-0.3, -0.25) is 9.59 Å². The fourth-order valence-corrected chi connectivity index (χ4v) is 4.05. The minimum atomic E-state index is -0.976. The number of amides is 2. The van der Waals surface area contributed by atoms with Gasteiger partial charge in [-0.15, -0.1) is 0 Å². The number of carbonyl (C=O) groups is 3. The zero-order valence-corrected chi connectivity index (χ0v) is 18.5. The van der Waals surface area contributed by atoms with Gasteiger partial charge in [-0.1, -0.05) is 11.6 Å². The molecular formula is C22H22ClN5O5. The van der Waals surface area contributed by atoms with E-state index in [0.717, 1.165) is 0 Å². The first-order valence-electron chi connectivity index (χ1n) is 10.4. The minimum Gasteiger partial charge on any atom is -0.465 e. The van der Waals surface area contributed by atoms with Gasteiger partial charge >= 0.3 is 6.09 Å². The summed E-state index contributed by atoms with van der Waals surface area (Å²) in [6.45, 7) is 0. The lowest BCUT2D eigenvalue weighted by Gasteiger charge is -2.32. The molecule has 2 amide bonds. The molecule has 0 radical (unpaired) electrons. The van der Waals surface area contributed by atoms with Crippen LogP contribution in [0.3, 0.4) is 0 Å². The van der Waals surface area contributed by atoms with Crippen LogP contribution in [-0.4, -0.2) is 51.4 Å². The summed E-state index contributed by atoms with van der Waals surface area (Å²) in [5, 5.41) is 15.6. The molecule has 0 bridgehead atoms. The molecule has 172 valence electrons. The number of anilines is 3. The van der Waals surface area contributed by atoms with Crippen LogP contribution in [-0.2, 0) is 4.79 Å². The van der Waals surface area contributed by atoms with Crippen molar-refractivity contribution in [2.45, 2.75) is 31.7 Å². The van der Waals surface area contributed by atoms with Crippen LogP contribution >= 0.6 is 11.6 Å². The fraction of sp³-hybridized carbons (Fsp3) is 0.318. The maximum atomic E-state index is 13.1. The van der Waals surface area contributed by atoms with Crippen LogP contribution in [0.1, 0.15) is 36.2 Å². The van der Waals surface area contributed by atoms with E-state index in [0.29, 0.717) is 59.6 Å². The standard InChI is InChI=1S/C22H22ClN5O5/c1-28(22(31)32)15-6-2-12(3-7-15)20(30)27-19-18-16(8-5-14(11-29)25-18)33-21(19)26-17-9-4-13(23)10-24-17/h4-5,8-12,15H,2-3,6-7H2,1H3,(H,24,26)(H,27,30)(H,31,32). The van der Waals surface area contributed by atoms with Gasteiger partial charge in [0.25, 0.3) is 0 Å². The zero-order valence-electron chi connectivity index (χ0n) is 17.7. The number of aromatic nitrogens is 2. The lowest BCUT2D eigenvalue weighted by atomic mass is 9.85. The largest absolute Gasteiger partial charge is 0.465 e. The highest BCUT2D eigenvalue weighted by atomic mass is 35.5. The molecule has 33 heavy (non-hydrogen) atoms. The van der Waals surface area contributed by atoms with Crippen molar-refractivity contribution in [2.75, 3.05) is 17.7 Å². The smallest absolute Gasteiger partial charge is 0.407 e. The van der Waals surface area contributed by atoms with E-state index in [2.05, 4.69) is 20.6 Å². The number of hydrogen-bond acceptors (Lipinski definition) is 7. The van der Waals surface area contributed by atoms with Crippen molar-refractivity contribution in [3.63, 3.8) is 0 Å². The number of carbonyl (C=O) groups excluding carboxylic acids is 2. The van der Waals surface area contributed by atoms with E-state index in [9.17, 15) is 19.5 Å². The number of halogens is 1. The number of rotatable bonds is 6. The Morgan fingerprint density at radius 3 is 2.61 bits per heavy atom. The molecule has 0 aliphatic heterocycles. The first kappa shape index (κ1) is 22.5. The normalized spacial score (nSPS) is 18.0. The maximum absolute atomic E-state index is 13.1. The summed E-state index contributed by atoms with van der Waals surface area (Å²) < 4.78 is 5.85. The summed E-state index contributed by atoms with van der Waals surface area (Å²) in [5.41, 5.74) is 1.23. The Bertz CT molecular complexity index is 1190. The van der Waals surface area contributed by atoms with E-state index in [-0.39, 0.29) is 29.4 Å². The predicted octanol–water partition coefficient (Wildman–Crippen LogP) is 4.54. The van der Waals surface area contributed by atoms with Crippen LogP contribution in [0, 0.1) is 5.92 Å². The summed E-state index contributed by atoms with van der Waals surface area (Å²) in [7, 11) is 1.55. The van der Waals surface area contributed by atoms with Gasteiger partial charge < -0.3 is 25.1 Å². The molecule has 0 aromatic carbocycles.